The fourth-order valence-electron chi connectivity index (χ4n) is 3.47. The minimum atomic E-state index is -0.195. The normalized spacial score (nSPS) is 20.1. The van der Waals surface area contributed by atoms with Gasteiger partial charge in [0.15, 0.2) is 5.96 Å². The molecule has 0 aromatic heterocycles. The number of benzene rings is 1. The first-order valence-electron chi connectivity index (χ1n) is 10.5. The molecule has 162 valence electrons. The molecule has 0 aliphatic carbocycles. The maximum absolute atomic E-state index is 14.5. The van der Waals surface area contributed by atoms with Crippen LogP contribution < -0.4 is 15.5 Å². The molecule has 2 saturated heterocycles. The topological polar surface area (TPSA) is 67.4 Å². The van der Waals surface area contributed by atoms with Crippen LogP contribution in [-0.2, 0) is 20.8 Å². The molecule has 0 radical (unpaired) electrons. The molecule has 29 heavy (non-hydrogen) atoms. The second kappa shape index (κ2) is 11.9. The van der Waals surface area contributed by atoms with E-state index in [2.05, 4.69) is 15.6 Å². The molecule has 1 atom stereocenters. The van der Waals surface area contributed by atoms with Gasteiger partial charge in [-0.05, 0) is 30.5 Å². The molecule has 1 aromatic rings. The van der Waals surface area contributed by atoms with Crippen LogP contribution in [0.15, 0.2) is 23.2 Å². The molecule has 1 unspecified atom stereocenters. The molecule has 2 heterocycles. The third kappa shape index (κ3) is 7.13. The maximum Gasteiger partial charge on any atom is 0.191 e. The number of hydrogen-bond donors (Lipinski definition) is 2. The lowest BCUT2D eigenvalue weighted by Gasteiger charge is -2.29. The van der Waals surface area contributed by atoms with Crippen LogP contribution in [-0.4, -0.2) is 72.3 Å². The van der Waals surface area contributed by atoms with E-state index in [1.54, 1.807) is 13.1 Å². The van der Waals surface area contributed by atoms with E-state index >= 15 is 0 Å². The predicted octanol–water partition coefficient (Wildman–Crippen LogP) is 1.77. The van der Waals surface area contributed by atoms with Crippen LogP contribution in [0.5, 0.6) is 0 Å². The van der Waals surface area contributed by atoms with Gasteiger partial charge in [0, 0.05) is 52.4 Å². The van der Waals surface area contributed by atoms with E-state index in [1.807, 2.05) is 17.0 Å². The van der Waals surface area contributed by atoms with Crippen LogP contribution in [0.2, 0.25) is 0 Å². The Hall–Kier alpha value is -1.90. The molecule has 2 aliphatic rings. The predicted molar refractivity (Wildman–Crippen MR) is 112 cm³/mol. The molecule has 1 aromatic carbocycles. The summed E-state index contributed by atoms with van der Waals surface area (Å²) in [6.45, 7) is 7.19. The molecular weight excluding hydrogens is 375 g/mol. The molecule has 0 saturated carbocycles. The molecule has 3 rings (SSSR count). The van der Waals surface area contributed by atoms with Crippen LogP contribution >= 0.6 is 0 Å². The van der Waals surface area contributed by atoms with Gasteiger partial charge in [0.2, 0.25) is 0 Å². The van der Waals surface area contributed by atoms with Gasteiger partial charge < -0.3 is 29.7 Å². The summed E-state index contributed by atoms with van der Waals surface area (Å²) in [7, 11) is 1.73. The highest BCUT2D eigenvalue weighted by molar-refractivity contribution is 5.79. The molecule has 0 bridgehead atoms. The van der Waals surface area contributed by atoms with Crippen molar-refractivity contribution in [1.29, 1.82) is 0 Å². The first-order chi connectivity index (χ1) is 14.3. The van der Waals surface area contributed by atoms with Crippen molar-refractivity contribution in [2.24, 2.45) is 10.9 Å². The number of halogens is 1. The van der Waals surface area contributed by atoms with Gasteiger partial charge >= 0.3 is 0 Å². The number of ether oxygens (including phenoxy) is 3. The summed E-state index contributed by atoms with van der Waals surface area (Å²) in [5.41, 5.74) is 1.52. The first kappa shape index (κ1) is 21.8. The molecule has 8 heteroatoms. The highest BCUT2D eigenvalue weighted by atomic mass is 19.1. The molecule has 0 amide bonds. The van der Waals surface area contributed by atoms with Gasteiger partial charge in [-0.3, -0.25) is 4.99 Å². The Balaban J connectivity index is 1.33. The van der Waals surface area contributed by atoms with Gasteiger partial charge in [0.1, 0.15) is 5.82 Å². The Morgan fingerprint density at radius 2 is 2.10 bits per heavy atom. The number of guanidine groups is 1. The molecule has 7 nitrogen and oxygen atoms in total. The number of rotatable bonds is 9. The van der Waals surface area contributed by atoms with Crippen LogP contribution in [0.4, 0.5) is 10.1 Å². The van der Waals surface area contributed by atoms with E-state index in [1.165, 1.54) is 0 Å². The van der Waals surface area contributed by atoms with Crippen LogP contribution in [0.3, 0.4) is 0 Å². The Bertz CT molecular complexity index is 647. The van der Waals surface area contributed by atoms with Crippen LogP contribution in [0, 0.1) is 11.7 Å². The summed E-state index contributed by atoms with van der Waals surface area (Å²) in [4.78, 5) is 6.24. The number of aliphatic imine (C=N–C) groups is 1. The molecule has 0 spiro atoms. The third-order valence-electron chi connectivity index (χ3n) is 5.18. The first-order valence-corrected chi connectivity index (χ1v) is 10.5. The minimum absolute atomic E-state index is 0.195. The standard InChI is InChI=1S/C21H33FN4O3/c1-23-21(24-6-2-9-28-15-18-5-10-29-16-18)25-14-17-3-4-20(19(22)13-17)26-7-11-27-12-8-26/h3-4,13,18H,2,5-12,14-16H2,1H3,(H2,23,24,25). The van der Waals surface area contributed by atoms with Crippen LogP contribution in [0.1, 0.15) is 18.4 Å². The maximum atomic E-state index is 14.5. The largest absolute Gasteiger partial charge is 0.381 e. The monoisotopic (exact) mass is 408 g/mol. The van der Waals surface area contributed by atoms with E-state index in [9.17, 15) is 4.39 Å². The van der Waals surface area contributed by atoms with Crippen molar-refractivity contribution in [3.05, 3.63) is 29.6 Å². The van der Waals surface area contributed by atoms with Gasteiger partial charge in [-0.2, -0.15) is 0 Å². The van der Waals surface area contributed by atoms with E-state index in [0.29, 0.717) is 43.9 Å². The highest BCUT2D eigenvalue weighted by Crippen LogP contribution is 2.21. The third-order valence-corrected chi connectivity index (χ3v) is 5.18. The summed E-state index contributed by atoms with van der Waals surface area (Å²) in [5, 5.41) is 6.49. The quantitative estimate of drug-likeness (QED) is 0.369. The minimum Gasteiger partial charge on any atom is -0.381 e. The average molecular weight is 409 g/mol. The zero-order valence-corrected chi connectivity index (χ0v) is 17.3. The zero-order chi connectivity index (χ0) is 20.3. The summed E-state index contributed by atoms with van der Waals surface area (Å²) in [5.74, 6) is 1.05. The van der Waals surface area contributed by atoms with Gasteiger partial charge in [0.05, 0.1) is 32.1 Å². The lowest BCUT2D eigenvalue weighted by Crippen LogP contribution is -2.38. The van der Waals surface area contributed by atoms with Crippen molar-refractivity contribution >= 4 is 11.6 Å². The van der Waals surface area contributed by atoms with Crippen molar-refractivity contribution < 1.29 is 18.6 Å². The number of hydrogen-bond acceptors (Lipinski definition) is 5. The van der Waals surface area contributed by atoms with Crippen molar-refractivity contribution in [3.63, 3.8) is 0 Å². The van der Waals surface area contributed by atoms with Gasteiger partial charge in [-0.15, -0.1) is 0 Å². The second-order valence-electron chi connectivity index (χ2n) is 7.40. The second-order valence-corrected chi connectivity index (χ2v) is 7.40. The lowest BCUT2D eigenvalue weighted by molar-refractivity contribution is 0.0888. The fourth-order valence-corrected chi connectivity index (χ4v) is 3.47. The Morgan fingerprint density at radius 3 is 2.83 bits per heavy atom. The van der Waals surface area contributed by atoms with Gasteiger partial charge in [-0.1, -0.05) is 6.07 Å². The Kier molecular flexibility index (Phi) is 8.98. The van der Waals surface area contributed by atoms with E-state index < -0.39 is 0 Å². The lowest BCUT2D eigenvalue weighted by atomic mass is 10.1. The number of morpholine rings is 1. The fraction of sp³-hybridized carbons (Fsp3) is 0.667. The van der Waals surface area contributed by atoms with Crippen molar-refractivity contribution in [2.45, 2.75) is 19.4 Å². The Labute approximate surface area is 172 Å². The zero-order valence-electron chi connectivity index (χ0n) is 17.3. The molecule has 2 N–H and O–H groups in total. The van der Waals surface area contributed by atoms with Crippen molar-refractivity contribution in [3.8, 4) is 0 Å². The van der Waals surface area contributed by atoms with E-state index in [0.717, 1.165) is 57.9 Å². The smallest absolute Gasteiger partial charge is 0.191 e. The number of nitrogens with zero attached hydrogens (tertiary/aromatic N) is 2. The summed E-state index contributed by atoms with van der Waals surface area (Å²) in [6, 6.07) is 5.39. The summed E-state index contributed by atoms with van der Waals surface area (Å²) >= 11 is 0. The van der Waals surface area contributed by atoms with Gasteiger partial charge in [-0.25, -0.2) is 4.39 Å². The molecule has 2 aliphatic heterocycles. The highest BCUT2D eigenvalue weighted by Gasteiger charge is 2.16. The summed E-state index contributed by atoms with van der Waals surface area (Å²) in [6.07, 6.45) is 2.00. The van der Waals surface area contributed by atoms with Gasteiger partial charge in [0.25, 0.3) is 0 Å². The summed E-state index contributed by atoms with van der Waals surface area (Å²) < 4.78 is 30.9. The van der Waals surface area contributed by atoms with E-state index in [-0.39, 0.29) is 5.82 Å². The Morgan fingerprint density at radius 1 is 1.24 bits per heavy atom. The molecule has 2 fully saturated rings. The number of nitrogens with one attached hydrogen (secondary N) is 2. The van der Waals surface area contributed by atoms with E-state index in [4.69, 9.17) is 14.2 Å². The average Bonchev–Trinajstić information content (AvgIpc) is 3.27. The van der Waals surface area contributed by atoms with Crippen molar-refractivity contribution in [2.75, 3.05) is 71.2 Å². The van der Waals surface area contributed by atoms with Crippen LogP contribution in [0.25, 0.3) is 0 Å². The molecular formula is C21H33FN4O3. The number of anilines is 1. The van der Waals surface area contributed by atoms with Crippen molar-refractivity contribution in [1.82, 2.24) is 10.6 Å². The SMILES string of the molecule is CN=C(NCCCOCC1CCOC1)NCc1ccc(N2CCOCC2)c(F)c1.